The number of ether oxygens (including phenoxy) is 1. The van der Waals surface area contributed by atoms with E-state index >= 15 is 0 Å². The summed E-state index contributed by atoms with van der Waals surface area (Å²) < 4.78 is 5.43. The van der Waals surface area contributed by atoms with Crippen LogP contribution < -0.4 is 0 Å². The van der Waals surface area contributed by atoms with Gasteiger partial charge in [-0.1, -0.05) is 6.07 Å². The third-order valence-electron chi connectivity index (χ3n) is 4.39. The average Bonchev–Trinajstić information content (AvgIpc) is 2.85. The molecule has 1 aromatic heterocycles. The Kier molecular flexibility index (Phi) is 4.08. The van der Waals surface area contributed by atoms with Crippen molar-refractivity contribution in [2.45, 2.75) is 32.2 Å². The molecular formula is C17H24N2O. The SMILES string of the molecule is Cc1cc2cc(CCN(C)C3CCOCC3)ccc2[nH]1. The molecule has 0 spiro atoms. The minimum absolute atomic E-state index is 0.696. The molecular weight excluding hydrogens is 248 g/mol. The van der Waals surface area contributed by atoms with Crippen molar-refractivity contribution in [1.82, 2.24) is 9.88 Å². The summed E-state index contributed by atoms with van der Waals surface area (Å²) in [4.78, 5) is 5.87. The summed E-state index contributed by atoms with van der Waals surface area (Å²) in [6.45, 7) is 5.07. The highest BCUT2D eigenvalue weighted by Gasteiger charge is 2.17. The summed E-state index contributed by atoms with van der Waals surface area (Å²) in [5, 5.41) is 1.33. The van der Waals surface area contributed by atoms with Crippen LogP contribution in [-0.4, -0.2) is 42.7 Å². The van der Waals surface area contributed by atoms with Gasteiger partial charge >= 0.3 is 0 Å². The Morgan fingerprint density at radius 1 is 1.25 bits per heavy atom. The van der Waals surface area contributed by atoms with Crippen molar-refractivity contribution in [2.75, 3.05) is 26.8 Å². The molecule has 1 fully saturated rings. The first-order chi connectivity index (χ1) is 9.72. The fraction of sp³-hybridized carbons (Fsp3) is 0.529. The van der Waals surface area contributed by atoms with Gasteiger partial charge in [-0.15, -0.1) is 0 Å². The highest BCUT2D eigenvalue weighted by atomic mass is 16.5. The largest absolute Gasteiger partial charge is 0.381 e. The zero-order valence-corrected chi connectivity index (χ0v) is 12.5. The van der Waals surface area contributed by atoms with Crippen LogP contribution in [0.1, 0.15) is 24.1 Å². The van der Waals surface area contributed by atoms with E-state index < -0.39 is 0 Å². The van der Waals surface area contributed by atoms with Crippen LogP contribution in [0.4, 0.5) is 0 Å². The molecule has 2 aromatic rings. The molecule has 1 aromatic carbocycles. The molecule has 0 atom stereocenters. The maximum absolute atomic E-state index is 5.43. The monoisotopic (exact) mass is 272 g/mol. The van der Waals surface area contributed by atoms with Gasteiger partial charge in [0.2, 0.25) is 0 Å². The first-order valence-electron chi connectivity index (χ1n) is 7.58. The number of benzene rings is 1. The van der Waals surface area contributed by atoms with Crippen molar-refractivity contribution >= 4 is 10.9 Å². The molecule has 0 amide bonds. The van der Waals surface area contributed by atoms with Crippen molar-refractivity contribution < 1.29 is 4.74 Å². The van der Waals surface area contributed by atoms with E-state index in [-0.39, 0.29) is 0 Å². The van der Waals surface area contributed by atoms with Gasteiger partial charge in [-0.3, -0.25) is 0 Å². The van der Waals surface area contributed by atoms with E-state index in [1.165, 1.54) is 35.0 Å². The molecule has 0 aliphatic carbocycles. The summed E-state index contributed by atoms with van der Waals surface area (Å²) in [7, 11) is 2.24. The fourth-order valence-electron chi connectivity index (χ4n) is 3.10. The summed E-state index contributed by atoms with van der Waals surface area (Å²) in [5.41, 5.74) is 3.90. The summed E-state index contributed by atoms with van der Waals surface area (Å²) >= 11 is 0. The predicted molar refractivity (Wildman–Crippen MR) is 83.2 cm³/mol. The lowest BCUT2D eigenvalue weighted by atomic mass is 10.1. The third kappa shape index (κ3) is 3.05. The third-order valence-corrected chi connectivity index (χ3v) is 4.39. The fourth-order valence-corrected chi connectivity index (χ4v) is 3.10. The Balaban J connectivity index is 1.61. The second-order valence-electron chi connectivity index (χ2n) is 5.95. The van der Waals surface area contributed by atoms with Gasteiger partial charge in [-0.05, 0) is 62.4 Å². The molecule has 2 heterocycles. The summed E-state index contributed by atoms with van der Waals surface area (Å²) in [6.07, 6.45) is 3.47. The standard InChI is InChI=1S/C17H24N2O/c1-13-11-15-12-14(3-4-17(15)18-13)5-8-19(2)16-6-9-20-10-7-16/h3-4,11-12,16,18H,5-10H2,1-2H3. The van der Waals surface area contributed by atoms with E-state index in [9.17, 15) is 0 Å². The molecule has 0 bridgehead atoms. The molecule has 0 radical (unpaired) electrons. The van der Waals surface area contributed by atoms with Crippen molar-refractivity contribution in [3.05, 3.63) is 35.5 Å². The van der Waals surface area contributed by atoms with Gasteiger partial charge in [0.15, 0.2) is 0 Å². The first kappa shape index (κ1) is 13.7. The molecule has 3 nitrogen and oxygen atoms in total. The van der Waals surface area contributed by atoms with E-state index in [0.717, 1.165) is 26.2 Å². The quantitative estimate of drug-likeness (QED) is 0.926. The molecule has 1 saturated heterocycles. The number of aryl methyl sites for hydroxylation is 1. The van der Waals surface area contributed by atoms with E-state index in [1.54, 1.807) is 0 Å². The molecule has 0 unspecified atom stereocenters. The van der Waals surface area contributed by atoms with E-state index in [2.05, 4.69) is 48.1 Å². The van der Waals surface area contributed by atoms with Crippen LogP contribution >= 0.6 is 0 Å². The predicted octanol–water partition coefficient (Wildman–Crippen LogP) is 3.13. The lowest BCUT2D eigenvalue weighted by molar-refractivity contribution is 0.0434. The van der Waals surface area contributed by atoms with Crippen LogP contribution in [0.3, 0.4) is 0 Å². The van der Waals surface area contributed by atoms with Crippen molar-refractivity contribution in [3.63, 3.8) is 0 Å². The number of fused-ring (bicyclic) bond motifs is 1. The maximum atomic E-state index is 5.43. The van der Waals surface area contributed by atoms with Crippen LogP contribution in [-0.2, 0) is 11.2 Å². The van der Waals surface area contributed by atoms with Gasteiger partial charge in [-0.25, -0.2) is 0 Å². The Hall–Kier alpha value is -1.32. The van der Waals surface area contributed by atoms with Gasteiger partial charge in [0.1, 0.15) is 0 Å². The van der Waals surface area contributed by atoms with Gasteiger partial charge in [0, 0.05) is 37.0 Å². The van der Waals surface area contributed by atoms with Crippen molar-refractivity contribution in [3.8, 4) is 0 Å². The number of nitrogens with one attached hydrogen (secondary N) is 1. The van der Waals surface area contributed by atoms with E-state index in [0.29, 0.717) is 6.04 Å². The number of aromatic amines is 1. The van der Waals surface area contributed by atoms with Crippen LogP contribution in [0.15, 0.2) is 24.3 Å². The van der Waals surface area contributed by atoms with Crippen LogP contribution in [0.5, 0.6) is 0 Å². The number of hydrogen-bond acceptors (Lipinski definition) is 2. The number of rotatable bonds is 4. The number of likely N-dealkylation sites (N-methyl/N-ethyl adjacent to an activating group) is 1. The van der Waals surface area contributed by atoms with Crippen LogP contribution in [0.2, 0.25) is 0 Å². The zero-order valence-electron chi connectivity index (χ0n) is 12.5. The molecule has 1 N–H and O–H groups in total. The minimum Gasteiger partial charge on any atom is -0.381 e. The highest BCUT2D eigenvalue weighted by molar-refractivity contribution is 5.81. The lowest BCUT2D eigenvalue weighted by Gasteiger charge is -2.31. The maximum Gasteiger partial charge on any atom is 0.0480 e. The van der Waals surface area contributed by atoms with Gasteiger partial charge in [0.05, 0.1) is 0 Å². The zero-order chi connectivity index (χ0) is 13.9. The number of nitrogens with zero attached hydrogens (tertiary/aromatic N) is 1. The number of H-pyrrole nitrogens is 1. The average molecular weight is 272 g/mol. The normalized spacial score (nSPS) is 17.1. The highest BCUT2D eigenvalue weighted by Crippen LogP contribution is 2.18. The summed E-state index contributed by atoms with van der Waals surface area (Å²) in [5.74, 6) is 0. The molecule has 0 saturated carbocycles. The number of hydrogen-bond donors (Lipinski definition) is 1. The second-order valence-corrected chi connectivity index (χ2v) is 5.95. The Labute approximate surface area is 120 Å². The number of aromatic nitrogens is 1. The first-order valence-corrected chi connectivity index (χ1v) is 7.58. The molecule has 3 rings (SSSR count). The minimum atomic E-state index is 0.696. The lowest BCUT2D eigenvalue weighted by Crippen LogP contribution is -2.37. The Morgan fingerprint density at radius 3 is 2.85 bits per heavy atom. The van der Waals surface area contributed by atoms with Gasteiger partial charge in [-0.2, -0.15) is 0 Å². The molecule has 20 heavy (non-hydrogen) atoms. The summed E-state index contributed by atoms with van der Waals surface area (Å²) in [6, 6.07) is 9.68. The molecule has 1 aliphatic heterocycles. The molecule has 108 valence electrons. The van der Waals surface area contributed by atoms with Crippen molar-refractivity contribution in [2.24, 2.45) is 0 Å². The smallest absolute Gasteiger partial charge is 0.0480 e. The molecule has 3 heteroatoms. The topological polar surface area (TPSA) is 28.3 Å². The van der Waals surface area contributed by atoms with E-state index in [4.69, 9.17) is 4.74 Å². The van der Waals surface area contributed by atoms with E-state index in [1.807, 2.05) is 0 Å². The molecule has 1 aliphatic rings. The van der Waals surface area contributed by atoms with Gasteiger partial charge in [0.25, 0.3) is 0 Å². The Morgan fingerprint density at radius 2 is 2.05 bits per heavy atom. The van der Waals surface area contributed by atoms with Crippen molar-refractivity contribution in [1.29, 1.82) is 0 Å². The second kappa shape index (κ2) is 5.98. The Bertz CT molecular complexity index is 569. The van der Waals surface area contributed by atoms with Crippen LogP contribution in [0.25, 0.3) is 10.9 Å². The van der Waals surface area contributed by atoms with Gasteiger partial charge < -0.3 is 14.6 Å². The van der Waals surface area contributed by atoms with Crippen LogP contribution in [0, 0.1) is 6.92 Å².